The van der Waals surface area contributed by atoms with Gasteiger partial charge in [-0.1, -0.05) is 35.5 Å². The number of guanidine groups is 1. The summed E-state index contributed by atoms with van der Waals surface area (Å²) < 4.78 is 11.0. The number of rotatable bonds is 7. The molecule has 0 aliphatic rings. The molecule has 0 fully saturated rings. The van der Waals surface area contributed by atoms with Gasteiger partial charge < -0.3 is 24.7 Å². The number of aryl methyl sites for hydroxylation is 2. The van der Waals surface area contributed by atoms with Crippen LogP contribution < -0.4 is 10.6 Å². The van der Waals surface area contributed by atoms with Crippen LogP contribution in [0.4, 0.5) is 0 Å². The minimum atomic E-state index is -1.09. The van der Waals surface area contributed by atoms with Crippen LogP contribution in [0.15, 0.2) is 56.4 Å². The molecule has 154 valence electrons. The van der Waals surface area contributed by atoms with Crippen LogP contribution in [0, 0.1) is 13.8 Å². The van der Waals surface area contributed by atoms with E-state index in [2.05, 4.69) is 20.8 Å². The molecule has 3 N–H and O–H groups in total. The Hall–Kier alpha value is -3.06. The van der Waals surface area contributed by atoms with Crippen molar-refractivity contribution in [2.45, 2.75) is 39.8 Å². The van der Waals surface area contributed by atoms with E-state index in [1.54, 1.807) is 6.92 Å². The number of aromatic nitrogens is 1. The highest BCUT2D eigenvalue weighted by Crippen LogP contribution is 2.26. The van der Waals surface area contributed by atoms with E-state index in [1.165, 1.54) is 0 Å². The first-order valence-corrected chi connectivity index (χ1v) is 9.72. The number of nitrogens with zero attached hydrogens (tertiary/aromatic N) is 2. The van der Waals surface area contributed by atoms with Crippen LogP contribution in [-0.2, 0) is 12.1 Å². The molecule has 0 bridgehead atoms. The van der Waals surface area contributed by atoms with Crippen molar-refractivity contribution in [1.29, 1.82) is 0 Å². The smallest absolute Gasteiger partial charge is 0.191 e. The summed E-state index contributed by atoms with van der Waals surface area (Å²) in [5.41, 5.74) is 1.38. The first-order valence-electron chi connectivity index (χ1n) is 9.72. The Morgan fingerprint density at radius 1 is 1.17 bits per heavy atom. The van der Waals surface area contributed by atoms with Crippen molar-refractivity contribution in [3.63, 3.8) is 0 Å². The zero-order valence-electron chi connectivity index (χ0n) is 17.3. The van der Waals surface area contributed by atoms with Gasteiger partial charge in [-0.15, -0.1) is 0 Å². The standard InChI is InChI=1S/C22H28N4O3/c1-5-23-21(25-14-22(4,27)19-11-15(2)28-16(19)3)24-13-18-12-20(29-26-18)17-9-7-6-8-10-17/h6-12,27H,5,13-14H2,1-4H3,(H2,23,24,25). The second kappa shape index (κ2) is 8.96. The number of hydrogen-bond acceptors (Lipinski definition) is 5. The van der Waals surface area contributed by atoms with E-state index in [0.717, 1.165) is 22.6 Å². The Bertz CT molecular complexity index is 958. The Kier molecular flexibility index (Phi) is 6.39. The summed E-state index contributed by atoms with van der Waals surface area (Å²) in [6, 6.07) is 13.6. The van der Waals surface area contributed by atoms with Gasteiger partial charge in [-0.2, -0.15) is 0 Å². The molecule has 0 saturated heterocycles. The summed E-state index contributed by atoms with van der Waals surface area (Å²) in [6.45, 7) is 8.81. The van der Waals surface area contributed by atoms with Crippen molar-refractivity contribution < 1.29 is 14.0 Å². The van der Waals surface area contributed by atoms with Crippen molar-refractivity contribution in [2.75, 3.05) is 13.1 Å². The van der Waals surface area contributed by atoms with Gasteiger partial charge in [0.2, 0.25) is 0 Å². The lowest BCUT2D eigenvalue weighted by Crippen LogP contribution is -2.44. The third-order valence-corrected chi connectivity index (χ3v) is 4.58. The highest BCUT2D eigenvalue weighted by Gasteiger charge is 2.27. The lowest BCUT2D eigenvalue weighted by molar-refractivity contribution is 0.0601. The van der Waals surface area contributed by atoms with Crippen LogP contribution in [0.2, 0.25) is 0 Å². The Morgan fingerprint density at radius 3 is 2.59 bits per heavy atom. The van der Waals surface area contributed by atoms with E-state index in [1.807, 2.05) is 63.2 Å². The SMILES string of the molecule is CCNC(=NCc1cc(-c2ccccc2)on1)NCC(C)(O)c1cc(C)oc1C. The van der Waals surface area contributed by atoms with Gasteiger partial charge in [-0.05, 0) is 33.8 Å². The number of aliphatic imine (C=N–C) groups is 1. The van der Waals surface area contributed by atoms with Crippen LogP contribution >= 0.6 is 0 Å². The molecule has 3 rings (SSSR count). The van der Waals surface area contributed by atoms with E-state index in [-0.39, 0.29) is 6.54 Å². The molecule has 0 aliphatic heterocycles. The fraction of sp³-hybridized carbons (Fsp3) is 0.364. The van der Waals surface area contributed by atoms with Gasteiger partial charge in [0.1, 0.15) is 22.8 Å². The summed E-state index contributed by atoms with van der Waals surface area (Å²) in [7, 11) is 0. The summed E-state index contributed by atoms with van der Waals surface area (Å²) >= 11 is 0. The molecular weight excluding hydrogens is 368 g/mol. The van der Waals surface area contributed by atoms with Gasteiger partial charge in [0.25, 0.3) is 0 Å². The number of nitrogens with one attached hydrogen (secondary N) is 2. The number of furan rings is 1. The van der Waals surface area contributed by atoms with E-state index < -0.39 is 5.60 Å². The zero-order valence-corrected chi connectivity index (χ0v) is 17.3. The van der Waals surface area contributed by atoms with Gasteiger partial charge >= 0.3 is 0 Å². The first-order chi connectivity index (χ1) is 13.9. The maximum atomic E-state index is 10.9. The van der Waals surface area contributed by atoms with Crippen LogP contribution in [0.5, 0.6) is 0 Å². The molecular formula is C22H28N4O3. The molecule has 0 radical (unpaired) electrons. The molecule has 0 saturated carbocycles. The third kappa shape index (κ3) is 5.26. The predicted molar refractivity (Wildman–Crippen MR) is 113 cm³/mol. The first kappa shape index (κ1) is 20.7. The van der Waals surface area contributed by atoms with E-state index in [0.29, 0.717) is 30.6 Å². The maximum absolute atomic E-state index is 10.9. The monoisotopic (exact) mass is 396 g/mol. The van der Waals surface area contributed by atoms with Crippen molar-refractivity contribution in [2.24, 2.45) is 4.99 Å². The minimum absolute atomic E-state index is 0.284. The van der Waals surface area contributed by atoms with Gasteiger partial charge in [-0.3, -0.25) is 0 Å². The average molecular weight is 396 g/mol. The van der Waals surface area contributed by atoms with E-state index >= 15 is 0 Å². The minimum Gasteiger partial charge on any atom is -0.466 e. The molecule has 3 aromatic rings. The van der Waals surface area contributed by atoms with Gasteiger partial charge in [0.15, 0.2) is 11.7 Å². The second-order valence-corrected chi connectivity index (χ2v) is 7.20. The predicted octanol–water partition coefficient (Wildman–Crippen LogP) is 3.51. The summed E-state index contributed by atoms with van der Waals surface area (Å²) in [6.07, 6.45) is 0. The Labute approximate surface area is 170 Å². The molecule has 1 atom stereocenters. The second-order valence-electron chi connectivity index (χ2n) is 7.20. The van der Waals surface area contributed by atoms with E-state index in [4.69, 9.17) is 8.94 Å². The highest BCUT2D eigenvalue weighted by atomic mass is 16.5. The van der Waals surface area contributed by atoms with Crippen LogP contribution in [0.3, 0.4) is 0 Å². The van der Waals surface area contributed by atoms with E-state index in [9.17, 15) is 5.11 Å². The molecule has 7 heteroatoms. The summed E-state index contributed by atoms with van der Waals surface area (Å²) in [4.78, 5) is 4.55. The molecule has 1 unspecified atom stereocenters. The van der Waals surface area contributed by atoms with Crippen molar-refractivity contribution >= 4 is 5.96 Å². The quantitative estimate of drug-likeness (QED) is 0.418. The van der Waals surface area contributed by atoms with Gasteiger partial charge in [0, 0.05) is 23.7 Å². The Balaban J connectivity index is 1.66. The highest BCUT2D eigenvalue weighted by molar-refractivity contribution is 5.79. The maximum Gasteiger partial charge on any atom is 0.191 e. The molecule has 0 amide bonds. The third-order valence-electron chi connectivity index (χ3n) is 4.58. The fourth-order valence-electron chi connectivity index (χ4n) is 3.14. The molecule has 2 aromatic heterocycles. The number of benzene rings is 1. The molecule has 1 aromatic carbocycles. The zero-order chi connectivity index (χ0) is 20.9. The van der Waals surface area contributed by atoms with Crippen molar-refractivity contribution in [3.8, 4) is 11.3 Å². The topological polar surface area (TPSA) is 95.8 Å². The fourth-order valence-corrected chi connectivity index (χ4v) is 3.14. The molecule has 7 nitrogen and oxygen atoms in total. The molecule has 0 spiro atoms. The molecule has 0 aliphatic carbocycles. The largest absolute Gasteiger partial charge is 0.466 e. The normalized spacial score (nSPS) is 13.9. The van der Waals surface area contributed by atoms with Crippen LogP contribution in [0.25, 0.3) is 11.3 Å². The summed E-state index contributed by atoms with van der Waals surface area (Å²) in [5.74, 6) is 2.79. The van der Waals surface area contributed by atoms with Gasteiger partial charge in [0.05, 0.1) is 13.1 Å². The van der Waals surface area contributed by atoms with Crippen LogP contribution in [-0.4, -0.2) is 29.3 Å². The number of hydrogen-bond donors (Lipinski definition) is 3. The summed E-state index contributed by atoms with van der Waals surface area (Å²) in [5, 5.41) is 21.3. The van der Waals surface area contributed by atoms with Crippen molar-refractivity contribution in [1.82, 2.24) is 15.8 Å². The molecule has 2 heterocycles. The molecule has 29 heavy (non-hydrogen) atoms. The van der Waals surface area contributed by atoms with Crippen LogP contribution in [0.1, 0.15) is 36.6 Å². The lowest BCUT2D eigenvalue weighted by Gasteiger charge is -2.24. The van der Waals surface area contributed by atoms with Crippen molar-refractivity contribution in [3.05, 3.63) is 65.2 Å². The lowest BCUT2D eigenvalue weighted by atomic mass is 9.96. The Morgan fingerprint density at radius 2 is 1.93 bits per heavy atom. The van der Waals surface area contributed by atoms with Gasteiger partial charge in [-0.25, -0.2) is 4.99 Å². The number of aliphatic hydroxyl groups is 1. The average Bonchev–Trinajstić information content (AvgIpc) is 3.31.